The van der Waals surface area contributed by atoms with Crippen LogP contribution >= 0.6 is 0 Å². The van der Waals surface area contributed by atoms with Gasteiger partial charge in [0, 0.05) is 19.8 Å². The fourth-order valence-electron chi connectivity index (χ4n) is 1.30. The Hall–Kier alpha value is -0.570. The van der Waals surface area contributed by atoms with Crippen molar-refractivity contribution >= 4 is 5.97 Å². The van der Waals surface area contributed by atoms with Gasteiger partial charge < -0.3 is 9.47 Å². The SMILES string of the molecule is CC(=O)OC1CCOC(C)C1. The number of carbonyl (C=O) groups excluding carboxylic acids is 1. The number of esters is 1. The van der Waals surface area contributed by atoms with E-state index in [1.165, 1.54) is 6.92 Å². The molecule has 1 fully saturated rings. The summed E-state index contributed by atoms with van der Waals surface area (Å²) in [7, 11) is 0. The van der Waals surface area contributed by atoms with Crippen LogP contribution in [-0.4, -0.2) is 24.8 Å². The third-order valence-electron chi connectivity index (χ3n) is 1.77. The van der Waals surface area contributed by atoms with Crippen molar-refractivity contribution in [3.8, 4) is 0 Å². The van der Waals surface area contributed by atoms with E-state index in [9.17, 15) is 4.79 Å². The van der Waals surface area contributed by atoms with E-state index in [-0.39, 0.29) is 18.2 Å². The molecule has 0 spiro atoms. The van der Waals surface area contributed by atoms with Crippen molar-refractivity contribution < 1.29 is 14.3 Å². The largest absolute Gasteiger partial charge is 0.462 e. The van der Waals surface area contributed by atoms with Crippen molar-refractivity contribution in [1.82, 2.24) is 0 Å². The van der Waals surface area contributed by atoms with Gasteiger partial charge >= 0.3 is 5.97 Å². The standard InChI is InChI=1S/C8H14O3/c1-6-5-8(3-4-10-6)11-7(2)9/h6,8H,3-5H2,1-2H3. The molecule has 2 atom stereocenters. The Bertz CT molecular complexity index is 144. The lowest BCUT2D eigenvalue weighted by molar-refractivity contribution is -0.152. The Labute approximate surface area is 66.7 Å². The second-order valence-corrected chi connectivity index (χ2v) is 2.94. The van der Waals surface area contributed by atoms with Crippen LogP contribution in [0.2, 0.25) is 0 Å². The smallest absolute Gasteiger partial charge is 0.302 e. The summed E-state index contributed by atoms with van der Waals surface area (Å²) >= 11 is 0. The van der Waals surface area contributed by atoms with Gasteiger partial charge in [0.15, 0.2) is 0 Å². The molecule has 11 heavy (non-hydrogen) atoms. The summed E-state index contributed by atoms with van der Waals surface area (Å²) in [6.07, 6.45) is 1.98. The van der Waals surface area contributed by atoms with Gasteiger partial charge in [-0.15, -0.1) is 0 Å². The van der Waals surface area contributed by atoms with Gasteiger partial charge in [0.25, 0.3) is 0 Å². The van der Waals surface area contributed by atoms with E-state index < -0.39 is 0 Å². The lowest BCUT2D eigenvalue weighted by Crippen LogP contribution is -2.30. The molecule has 2 unspecified atom stereocenters. The zero-order valence-corrected chi connectivity index (χ0v) is 7.00. The third-order valence-corrected chi connectivity index (χ3v) is 1.77. The van der Waals surface area contributed by atoms with Gasteiger partial charge in [-0.2, -0.15) is 0 Å². The molecule has 64 valence electrons. The van der Waals surface area contributed by atoms with Gasteiger partial charge in [-0.1, -0.05) is 0 Å². The zero-order valence-electron chi connectivity index (χ0n) is 7.00. The van der Waals surface area contributed by atoms with Crippen LogP contribution in [0.5, 0.6) is 0 Å². The Morgan fingerprint density at radius 2 is 2.36 bits per heavy atom. The molecule has 0 N–H and O–H groups in total. The van der Waals surface area contributed by atoms with Crippen LogP contribution in [0, 0.1) is 0 Å². The molecule has 1 rings (SSSR count). The van der Waals surface area contributed by atoms with Crippen LogP contribution in [0.25, 0.3) is 0 Å². The minimum Gasteiger partial charge on any atom is -0.462 e. The average molecular weight is 158 g/mol. The molecule has 3 heteroatoms. The maximum absolute atomic E-state index is 10.6. The number of hydrogen-bond donors (Lipinski definition) is 0. The summed E-state index contributed by atoms with van der Waals surface area (Å²) in [4.78, 5) is 10.6. The van der Waals surface area contributed by atoms with E-state index in [2.05, 4.69) is 0 Å². The molecule has 0 radical (unpaired) electrons. The minimum absolute atomic E-state index is 0.0799. The number of ether oxygens (including phenoxy) is 2. The van der Waals surface area contributed by atoms with Gasteiger partial charge in [-0.3, -0.25) is 4.79 Å². The van der Waals surface area contributed by atoms with E-state index in [1.54, 1.807) is 0 Å². The third kappa shape index (κ3) is 2.89. The highest BCUT2D eigenvalue weighted by atomic mass is 16.6. The number of rotatable bonds is 1. The van der Waals surface area contributed by atoms with Crippen molar-refractivity contribution in [1.29, 1.82) is 0 Å². The lowest BCUT2D eigenvalue weighted by Gasteiger charge is -2.26. The van der Waals surface area contributed by atoms with Crippen LogP contribution in [0.1, 0.15) is 26.7 Å². The molecule has 3 nitrogen and oxygen atoms in total. The predicted octanol–water partition coefficient (Wildman–Crippen LogP) is 1.12. The molecule has 0 amide bonds. The van der Waals surface area contributed by atoms with E-state index >= 15 is 0 Å². The van der Waals surface area contributed by atoms with Gasteiger partial charge in [0.05, 0.1) is 12.7 Å². The Balaban J connectivity index is 2.28. The highest BCUT2D eigenvalue weighted by Gasteiger charge is 2.20. The van der Waals surface area contributed by atoms with Gasteiger partial charge in [-0.25, -0.2) is 0 Å². The fraction of sp³-hybridized carbons (Fsp3) is 0.875. The molecule has 1 aliphatic heterocycles. The summed E-state index contributed by atoms with van der Waals surface area (Å²) in [6.45, 7) is 4.15. The highest BCUT2D eigenvalue weighted by Crippen LogP contribution is 2.16. The first-order valence-corrected chi connectivity index (χ1v) is 3.97. The highest BCUT2D eigenvalue weighted by molar-refractivity contribution is 5.66. The average Bonchev–Trinajstić information content (AvgIpc) is 1.85. The van der Waals surface area contributed by atoms with Crippen molar-refractivity contribution in [3.63, 3.8) is 0 Å². The summed E-state index contributed by atoms with van der Waals surface area (Å²) < 4.78 is 10.3. The van der Waals surface area contributed by atoms with Crippen LogP contribution in [0.4, 0.5) is 0 Å². The van der Waals surface area contributed by atoms with Crippen LogP contribution in [0.3, 0.4) is 0 Å². The molecule has 0 aromatic rings. The molecule has 1 saturated heterocycles. The molecule has 0 aromatic heterocycles. The molecular formula is C8H14O3. The first-order chi connectivity index (χ1) is 5.18. The fourth-order valence-corrected chi connectivity index (χ4v) is 1.30. The van der Waals surface area contributed by atoms with Gasteiger partial charge in [0.1, 0.15) is 6.10 Å². The predicted molar refractivity (Wildman–Crippen MR) is 40.2 cm³/mol. The summed E-state index contributed by atoms with van der Waals surface area (Å²) in [6, 6.07) is 0. The molecular weight excluding hydrogens is 144 g/mol. The molecule has 0 bridgehead atoms. The van der Waals surface area contributed by atoms with E-state index in [0.29, 0.717) is 6.61 Å². The topological polar surface area (TPSA) is 35.5 Å². The van der Waals surface area contributed by atoms with E-state index in [1.807, 2.05) is 6.92 Å². The molecule has 0 aliphatic carbocycles. The molecule has 0 saturated carbocycles. The Morgan fingerprint density at radius 1 is 1.64 bits per heavy atom. The summed E-state index contributed by atoms with van der Waals surface area (Å²) in [5, 5.41) is 0. The monoisotopic (exact) mass is 158 g/mol. The van der Waals surface area contributed by atoms with E-state index in [4.69, 9.17) is 9.47 Å². The summed E-state index contributed by atoms with van der Waals surface area (Å²) in [5.74, 6) is -0.191. The summed E-state index contributed by atoms with van der Waals surface area (Å²) in [5.41, 5.74) is 0. The zero-order chi connectivity index (χ0) is 8.27. The van der Waals surface area contributed by atoms with Crippen molar-refractivity contribution in [2.45, 2.75) is 38.9 Å². The first kappa shape index (κ1) is 8.53. The maximum Gasteiger partial charge on any atom is 0.302 e. The van der Waals surface area contributed by atoms with E-state index in [0.717, 1.165) is 12.8 Å². The molecule has 1 heterocycles. The van der Waals surface area contributed by atoms with Crippen LogP contribution in [-0.2, 0) is 14.3 Å². The second kappa shape index (κ2) is 3.72. The van der Waals surface area contributed by atoms with Gasteiger partial charge in [0.2, 0.25) is 0 Å². The minimum atomic E-state index is -0.191. The lowest BCUT2D eigenvalue weighted by atomic mass is 10.1. The molecule has 1 aliphatic rings. The van der Waals surface area contributed by atoms with Crippen molar-refractivity contribution in [3.05, 3.63) is 0 Å². The van der Waals surface area contributed by atoms with Crippen LogP contribution < -0.4 is 0 Å². The molecule has 0 aromatic carbocycles. The van der Waals surface area contributed by atoms with Crippen LogP contribution in [0.15, 0.2) is 0 Å². The second-order valence-electron chi connectivity index (χ2n) is 2.94. The maximum atomic E-state index is 10.6. The van der Waals surface area contributed by atoms with Gasteiger partial charge in [-0.05, 0) is 6.92 Å². The quantitative estimate of drug-likeness (QED) is 0.536. The van der Waals surface area contributed by atoms with Crippen molar-refractivity contribution in [2.24, 2.45) is 0 Å². The Kier molecular flexibility index (Phi) is 2.88. The van der Waals surface area contributed by atoms with Crippen molar-refractivity contribution in [2.75, 3.05) is 6.61 Å². The number of hydrogen-bond acceptors (Lipinski definition) is 3. The normalized spacial score (nSPS) is 31.5. The Morgan fingerprint density at radius 3 is 2.91 bits per heavy atom. The number of carbonyl (C=O) groups is 1. The first-order valence-electron chi connectivity index (χ1n) is 3.97.